The molecule has 0 bridgehead atoms. The van der Waals surface area contributed by atoms with Crippen molar-refractivity contribution < 1.29 is 19.4 Å². The second kappa shape index (κ2) is 6.78. The molecule has 4 nitrogen and oxygen atoms in total. The van der Waals surface area contributed by atoms with Gasteiger partial charge in [0.1, 0.15) is 5.56 Å². The lowest BCUT2D eigenvalue weighted by Crippen LogP contribution is -2.04. The van der Waals surface area contributed by atoms with Crippen LogP contribution in [-0.4, -0.2) is 24.8 Å². The molecule has 0 saturated carbocycles. The Kier molecular flexibility index (Phi) is 5.33. The van der Waals surface area contributed by atoms with Gasteiger partial charge in [-0.15, -0.1) is 0 Å². The van der Waals surface area contributed by atoms with Crippen LogP contribution >= 0.6 is 0 Å². The zero-order valence-electron chi connectivity index (χ0n) is 10.2. The molecule has 0 amide bonds. The van der Waals surface area contributed by atoms with E-state index >= 15 is 0 Å². The van der Waals surface area contributed by atoms with Gasteiger partial charge < -0.3 is 14.6 Å². The Morgan fingerprint density at radius 1 is 1.35 bits per heavy atom. The van der Waals surface area contributed by atoms with Crippen molar-refractivity contribution in [1.82, 2.24) is 0 Å². The average Bonchev–Trinajstić information content (AvgIpc) is 2.34. The molecule has 1 aromatic carbocycles. The summed E-state index contributed by atoms with van der Waals surface area (Å²) in [7, 11) is 1.45. The van der Waals surface area contributed by atoms with Crippen molar-refractivity contribution in [3.8, 4) is 11.5 Å². The van der Waals surface area contributed by atoms with E-state index in [0.29, 0.717) is 12.4 Å². The third-order valence-electron chi connectivity index (χ3n) is 2.42. The normalized spacial score (nSPS) is 10.0. The number of methoxy groups -OCH3 is 1. The minimum Gasteiger partial charge on any atom is -0.492 e. The molecule has 1 rings (SSSR count). The molecular weight excluding hydrogens is 220 g/mol. The summed E-state index contributed by atoms with van der Waals surface area (Å²) in [4.78, 5) is 11.0. The highest BCUT2D eigenvalue weighted by molar-refractivity contribution is 5.92. The lowest BCUT2D eigenvalue weighted by atomic mass is 10.2. The third kappa shape index (κ3) is 3.66. The average molecular weight is 238 g/mol. The Morgan fingerprint density at radius 2 is 2.12 bits per heavy atom. The predicted molar refractivity (Wildman–Crippen MR) is 65.0 cm³/mol. The van der Waals surface area contributed by atoms with Crippen LogP contribution in [0.2, 0.25) is 0 Å². The van der Waals surface area contributed by atoms with Gasteiger partial charge in [0.05, 0.1) is 13.7 Å². The Labute approximate surface area is 101 Å². The molecule has 0 aliphatic carbocycles. The van der Waals surface area contributed by atoms with Crippen LogP contribution in [0.25, 0.3) is 0 Å². The van der Waals surface area contributed by atoms with Gasteiger partial charge in [0.2, 0.25) is 0 Å². The number of hydrogen-bond acceptors (Lipinski definition) is 3. The maximum Gasteiger partial charge on any atom is 0.339 e. The fourth-order valence-electron chi connectivity index (χ4n) is 1.54. The van der Waals surface area contributed by atoms with Crippen molar-refractivity contribution in [1.29, 1.82) is 0 Å². The fourth-order valence-corrected chi connectivity index (χ4v) is 1.54. The zero-order valence-corrected chi connectivity index (χ0v) is 10.2. The first-order valence-corrected chi connectivity index (χ1v) is 5.73. The van der Waals surface area contributed by atoms with E-state index in [4.69, 9.17) is 14.6 Å². The maximum atomic E-state index is 11.0. The van der Waals surface area contributed by atoms with Gasteiger partial charge in [0.15, 0.2) is 11.5 Å². The molecule has 0 saturated heterocycles. The monoisotopic (exact) mass is 238 g/mol. The van der Waals surface area contributed by atoms with Crippen LogP contribution in [0.5, 0.6) is 11.5 Å². The molecule has 0 aliphatic rings. The molecule has 0 aromatic heterocycles. The SMILES string of the molecule is CCCCCOc1cccc(C(=O)O)c1OC. The number of para-hydroxylation sites is 1. The van der Waals surface area contributed by atoms with Crippen molar-refractivity contribution >= 4 is 5.97 Å². The second-order valence-electron chi connectivity index (χ2n) is 3.70. The lowest BCUT2D eigenvalue weighted by molar-refractivity contribution is 0.0692. The first-order valence-electron chi connectivity index (χ1n) is 5.73. The van der Waals surface area contributed by atoms with Crippen molar-refractivity contribution in [2.24, 2.45) is 0 Å². The quantitative estimate of drug-likeness (QED) is 0.742. The smallest absolute Gasteiger partial charge is 0.339 e. The molecule has 0 unspecified atom stereocenters. The summed E-state index contributed by atoms with van der Waals surface area (Å²) < 4.78 is 10.6. The summed E-state index contributed by atoms with van der Waals surface area (Å²) >= 11 is 0. The summed E-state index contributed by atoms with van der Waals surface area (Å²) in [5.74, 6) is -0.235. The summed E-state index contributed by atoms with van der Waals surface area (Å²) in [6.45, 7) is 2.69. The second-order valence-corrected chi connectivity index (χ2v) is 3.70. The van der Waals surface area contributed by atoms with Gasteiger partial charge in [-0.05, 0) is 18.6 Å². The number of carbonyl (C=O) groups is 1. The summed E-state index contributed by atoms with van der Waals surface area (Å²) in [6, 6.07) is 4.87. The van der Waals surface area contributed by atoms with E-state index < -0.39 is 5.97 Å². The zero-order chi connectivity index (χ0) is 12.7. The van der Waals surface area contributed by atoms with E-state index in [0.717, 1.165) is 19.3 Å². The molecule has 1 N–H and O–H groups in total. The van der Waals surface area contributed by atoms with E-state index in [1.807, 2.05) is 0 Å². The Balaban J connectivity index is 2.77. The Bertz CT molecular complexity index is 374. The van der Waals surface area contributed by atoms with Gasteiger partial charge in [-0.2, -0.15) is 0 Å². The van der Waals surface area contributed by atoms with Crippen LogP contribution in [0.4, 0.5) is 0 Å². The molecule has 4 heteroatoms. The molecule has 0 spiro atoms. The minimum atomic E-state index is -1.01. The van der Waals surface area contributed by atoms with E-state index in [-0.39, 0.29) is 11.3 Å². The highest BCUT2D eigenvalue weighted by Crippen LogP contribution is 2.31. The predicted octanol–water partition coefficient (Wildman–Crippen LogP) is 2.96. The fraction of sp³-hybridized carbons (Fsp3) is 0.462. The van der Waals surface area contributed by atoms with E-state index in [9.17, 15) is 4.79 Å². The molecule has 0 atom stereocenters. The van der Waals surface area contributed by atoms with Gasteiger partial charge in [0.25, 0.3) is 0 Å². The molecular formula is C13H18O4. The minimum absolute atomic E-state index is 0.125. The van der Waals surface area contributed by atoms with Crippen LogP contribution in [0.15, 0.2) is 18.2 Å². The maximum absolute atomic E-state index is 11.0. The number of hydrogen-bond donors (Lipinski definition) is 1. The topological polar surface area (TPSA) is 55.8 Å². The summed E-state index contributed by atoms with van der Waals surface area (Å²) in [5, 5.41) is 9.00. The lowest BCUT2D eigenvalue weighted by Gasteiger charge is -2.12. The number of carboxylic acid groups (broad SMARTS) is 1. The number of rotatable bonds is 7. The van der Waals surface area contributed by atoms with Gasteiger partial charge in [0, 0.05) is 0 Å². The molecule has 17 heavy (non-hydrogen) atoms. The van der Waals surface area contributed by atoms with Crippen LogP contribution in [-0.2, 0) is 0 Å². The van der Waals surface area contributed by atoms with Crippen molar-refractivity contribution in [3.05, 3.63) is 23.8 Å². The highest BCUT2D eigenvalue weighted by atomic mass is 16.5. The summed E-state index contributed by atoms with van der Waals surface area (Å²) in [5.41, 5.74) is 0.125. The van der Waals surface area contributed by atoms with Crippen LogP contribution < -0.4 is 9.47 Å². The van der Waals surface area contributed by atoms with Gasteiger partial charge in [-0.3, -0.25) is 0 Å². The third-order valence-corrected chi connectivity index (χ3v) is 2.42. The standard InChI is InChI=1S/C13H18O4/c1-3-4-5-9-17-11-8-6-7-10(13(14)15)12(11)16-2/h6-8H,3-5,9H2,1-2H3,(H,14,15). The molecule has 0 radical (unpaired) electrons. The van der Waals surface area contributed by atoms with Gasteiger partial charge in [-0.1, -0.05) is 25.8 Å². The van der Waals surface area contributed by atoms with E-state index in [1.165, 1.54) is 13.2 Å². The number of aromatic carboxylic acids is 1. The van der Waals surface area contributed by atoms with Gasteiger partial charge in [-0.25, -0.2) is 4.79 Å². The van der Waals surface area contributed by atoms with Crippen molar-refractivity contribution in [3.63, 3.8) is 0 Å². The van der Waals surface area contributed by atoms with Crippen molar-refractivity contribution in [2.45, 2.75) is 26.2 Å². The molecule has 0 heterocycles. The molecule has 1 aromatic rings. The number of carboxylic acids is 1. The number of unbranched alkanes of at least 4 members (excludes halogenated alkanes) is 2. The first kappa shape index (κ1) is 13.4. The Hall–Kier alpha value is -1.71. The molecule has 0 aliphatic heterocycles. The van der Waals surface area contributed by atoms with Crippen LogP contribution in [0.1, 0.15) is 36.5 Å². The van der Waals surface area contributed by atoms with Crippen molar-refractivity contribution in [2.75, 3.05) is 13.7 Å². The molecule has 94 valence electrons. The van der Waals surface area contributed by atoms with Crippen LogP contribution in [0, 0.1) is 0 Å². The number of benzene rings is 1. The Morgan fingerprint density at radius 3 is 2.71 bits per heavy atom. The molecule has 0 fully saturated rings. The van der Waals surface area contributed by atoms with Gasteiger partial charge >= 0.3 is 5.97 Å². The number of ether oxygens (including phenoxy) is 2. The first-order chi connectivity index (χ1) is 8.20. The highest BCUT2D eigenvalue weighted by Gasteiger charge is 2.15. The van der Waals surface area contributed by atoms with E-state index in [2.05, 4.69) is 6.92 Å². The van der Waals surface area contributed by atoms with E-state index in [1.54, 1.807) is 12.1 Å². The summed E-state index contributed by atoms with van der Waals surface area (Å²) in [6.07, 6.45) is 3.17. The largest absolute Gasteiger partial charge is 0.492 e. The van der Waals surface area contributed by atoms with Crippen LogP contribution in [0.3, 0.4) is 0 Å².